The van der Waals surface area contributed by atoms with Crippen molar-refractivity contribution in [2.45, 2.75) is 25.3 Å². The minimum Gasteiger partial charge on any atom is -0.353 e. The molecule has 1 aliphatic carbocycles. The molecule has 2 fully saturated rings. The van der Waals surface area contributed by atoms with Gasteiger partial charge >= 0.3 is 6.03 Å². The number of amides is 3. The van der Waals surface area contributed by atoms with Crippen molar-refractivity contribution in [3.8, 4) is 0 Å². The summed E-state index contributed by atoms with van der Waals surface area (Å²) in [7, 11) is 3.38. The van der Waals surface area contributed by atoms with Crippen LogP contribution >= 0.6 is 0 Å². The van der Waals surface area contributed by atoms with Crippen LogP contribution in [-0.4, -0.2) is 56.6 Å². The van der Waals surface area contributed by atoms with Crippen LogP contribution in [0.5, 0.6) is 0 Å². The summed E-state index contributed by atoms with van der Waals surface area (Å²) < 4.78 is 0. The Morgan fingerprint density at radius 2 is 1.95 bits per heavy atom. The normalized spacial score (nSPS) is 28.8. The molecule has 6 nitrogen and oxygen atoms in total. The number of carbonyl (C=O) groups is 2. The van der Waals surface area contributed by atoms with Gasteiger partial charge in [0, 0.05) is 27.2 Å². The van der Waals surface area contributed by atoms with Crippen molar-refractivity contribution in [3.05, 3.63) is 0 Å². The molecule has 3 atom stereocenters. The van der Waals surface area contributed by atoms with E-state index in [9.17, 15) is 9.59 Å². The van der Waals surface area contributed by atoms with E-state index in [4.69, 9.17) is 0 Å². The lowest BCUT2D eigenvalue weighted by Gasteiger charge is -2.18. The molecule has 1 saturated carbocycles. The predicted molar refractivity (Wildman–Crippen MR) is 72.7 cm³/mol. The van der Waals surface area contributed by atoms with Gasteiger partial charge in [-0.05, 0) is 31.2 Å². The quantitative estimate of drug-likeness (QED) is 0.616. The van der Waals surface area contributed by atoms with Crippen LogP contribution in [-0.2, 0) is 4.79 Å². The Hall–Kier alpha value is -1.30. The minimum absolute atomic E-state index is 0.0305. The van der Waals surface area contributed by atoms with Crippen LogP contribution < -0.4 is 16.0 Å². The van der Waals surface area contributed by atoms with Gasteiger partial charge in [-0.3, -0.25) is 4.79 Å². The van der Waals surface area contributed by atoms with Crippen LogP contribution in [0.2, 0.25) is 0 Å². The number of hydrogen-bond donors (Lipinski definition) is 3. The van der Waals surface area contributed by atoms with E-state index in [1.807, 2.05) is 0 Å². The molecule has 1 heterocycles. The van der Waals surface area contributed by atoms with E-state index >= 15 is 0 Å². The Bertz CT molecular complexity index is 346. The molecule has 6 heteroatoms. The van der Waals surface area contributed by atoms with Gasteiger partial charge in [-0.2, -0.15) is 0 Å². The lowest BCUT2D eigenvalue weighted by Crippen LogP contribution is -2.46. The monoisotopic (exact) mass is 268 g/mol. The molecule has 0 spiro atoms. The highest BCUT2D eigenvalue weighted by molar-refractivity contribution is 5.82. The zero-order valence-electron chi connectivity index (χ0n) is 11.7. The molecule has 108 valence electrons. The second-order valence-corrected chi connectivity index (χ2v) is 5.66. The molecule has 0 radical (unpaired) electrons. The highest BCUT2D eigenvalue weighted by Gasteiger charge is 2.42. The first-order chi connectivity index (χ1) is 9.09. The number of nitrogens with zero attached hydrogens (tertiary/aromatic N) is 1. The molecule has 0 aromatic rings. The molecule has 1 aliphatic heterocycles. The van der Waals surface area contributed by atoms with E-state index in [2.05, 4.69) is 16.0 Å². The summed E-state index contributed by atoms with van der Waals surface area (Å²) >= 11 is 0. The Morgan fingerprint density at radius 1 is 1.21 bits per heavy atom. The molecule has 2 rings (SSSR count). The van der Waals surface area contributed by atoms with Crippen LogP contribution in [0.4, 0.5) is 4.79 Å². The fourth-order valence-corrected chi connectivity index (χ4v) is 3.10. The lowest BCUT2D eigenvalue weighted by molar-refractivity contribution is -0.123. The SMILES string of the molecule is CN(C)C(=O)NCCNC(=O)C1NCC2CCCC21. The topological polar surface area (TPSA) is 73.5 Å². The molecule has 3 amide bonds. The molecule has 3 N–H and O–H groups in total. The second kappa shape index (κ2) is 6.23. The summed E-state index contributed by atoms with van der Waals surface area (Å²) in [6, 6.07) is -0.166. The molecule has 3 unspecified atom stereocenters. The van der Waals surface area contributed by atoms with E-state index in [0.29, 0.717) is 24.9 Å². The molecule has 1 saturated heterocycles. The maximum atomic E-state index is 12.1. The number of nitrogens with one attached hydrogen (secondary N) is 3. The summed E-state index contributed by atoms with van der Waals surface area (Å²) in [6.45, 7) is 1.91. The van der Waals surface area contributed by atoms with E-state index in [1.54, 1.807) is 14.1 Å². The standard InChI is InChI=1S/C13H24N4O2/c1-17(2)13(19)15-7-6-14-12(18)11-10-5-3-4-9(10)8-16-11/h9-11,16H,3-8H2,1-2H3,(H,14,18)(H,15,19). The van der Waals surface area contributed by atoms with Crippen molar-refractivity contribution in [1.82, 2.24) is 20.9 Å². The summed E-state index contributed by atoms with van der Waals surface area (Å²) in [5, 5.41) is 8.94. The highest BCUT2D eigenvalue weighted by Crippen LogP contribution is 2.37. The van der Waals surface area contributed by atoms with Crippen molar-refractivity contribution >= 4 is 11.9 Å². The van der Waals surface area contributed by atoms with E-state index < -0.39 is 0 Å². The van der Waals surface area contributed by atoms with E-state index in [0.717, 1.165) is 13.0 Å². The first kappa shape index (κ1) is 14.1. The maximum Gasteiger partial charge on any atom is 0.316 e. The lowest BCUT2D eigenvalue weighted by atomic mass is 9.94. The average Bonchev–Trinajstić information content (AvgIpc) is 2.95. The Morgan fingerprint density at radius 3 is 2.68 bits per heavy atom. The third-order valence-corrected chi connectivity index (χ3v) is 4.14. The average molecular weight is 268 g/mol. The van der Waals surface area contributed by atoms with Gasteiger partial charge in [0.15, 0.2) is 0 Å². The van der Waals surface area contributed by atoms with Crippen LogP contribution in [0, 0.1) is 11.8 Å². The number of carbonyl (C=O) groups excluding carboxylic acids is 2. The molecular weight excluding hydrogens is 244 g/mol. The number of rotatable bonds is 4. The van der Waals surface area contributed by atoms with Crippen LogP contribution in [0.25, 0.3) is 0 Å². The largest absolute Gasteiger partial charge is 0.353 e. The Labute approximate surface area is 114 Å². The van der Waals surface area contributed by atoms with Crippen LogP contribution in [0.3, 0.4) is 0 Å². The molecule has 0 aromatic carbocycles. The van der Waals surface area contributed by atoms with Gasteiger partial charge in [0.25, 0.3) is 0 Å². The number of fused-ring (bicyclic) bond motifs is 1. The zero-order chi connectivity index (χ0) is 13.8. The van der Waals surface area contributed by atoms with Crippen LogP contribution in [0.15, 0.2) is 0 Å². The van der Waals surface area contributed by atoms with Crippen molar-refractivity contribution in [2.24, 2.45) is 11.8 Å². The number of urea groups is 1. The fraction of sp³-hybridized carbons (Fsp3) is 0.846. The number of hydrogen-bond acceptors (Lipinski definition) is 3. The first-order valence-corrected chi connectivity index (χ1v) is 7.06. The Kier molecular flexibility index (Phi) is 4.63. The molecule has 19 heavy (non-hydrogen) atoms. The first-order valence-electron chi connectivity index (χ1n) is 7.06. The summed E-state index contributed by atoms with van der Waals surface area (Å²) in [5.74, 6) is 1.27. The highest BCUT2D eigenvalue weighted by atomic mass is 16.2. The molecule has 0 bridgehead atoms. The van der Waals surface area contributed by atoms with Crippen molar-refractivity contribution in [1.29, 1.82) is 0 Å². The minimum atomic E-state index is -0.135. The summed E-state index contributed by atoms with van der Waals surface area (Å²) in [4.78, 5) is 24.8. The van der Waals surface area contributed by atoms with E-state index in [-0.39, 0.29) is 18.0 Å². The third kappa shape index (κ3) is 3.37. The summed E-state index contributed by atoms with van der Waals surface area (Å²) in [5.41, 5.74) is 0. The molecule has 2 aliphatic rings. The zero-order valence-corrected chi connectivity index (χ0v) is 11.7. The molecule has 0 aromatic heterocycles. The van der Waals surface area contributed by atoms with Gasteiger partial charge in [0.05, 0.1) is 6.04 Å². The van der Waals surface area contributed by atoms with Gasteiger partial charge in [-0.25, -0.2) is 4.79 Å². The summed E-state index contributed by atoms with van der Waals surface area (Å²) in [6.07, 6.45) is 3.66. The van der Waals surface area contributed by atoms with Crippen molar-refractivity contribution < 1.29 is 9.59 Å². The van der Waals surface area contributed by atoms with Gasteiger partial charge < -0.3 is 20.9 Å². The fourth-order valence-electron chi connectivity index (χ4n) is 3.10. The smallest absolute Gasteiger partial charge is 0.316 e. The van der Waals surface area contributed by atoms with Gasteiger partial charge in [-0.1, -0.05) is 6.42 Å². The van der Waals surface area contributed by atoms with Gasteiger partial charge in [-0.15, -0.1) is 0 Å². The Balaban J connectivity index is 1.66. The van der Waals surface area contributed by atoms with E-state index in [1.165, 1.54) is 17.7 Å². The molecular formula is C13H24N4O2. The van der Waals surface area contributed by atoms with Gasteiger partial charge in [0.1, 0.15) is 0 Å². The van der Waals surface area contributed by atoms with Crippen molar-refractivity contribution in [3.63, 3.8) is 0 Å². The third-order valence-electron chi connectivity index (χ3n) is 4.14. The maximum absolute atomic E-state index is 12.1. The predicted octanol–water partition coefficient (Wildman–Crippen LogP) is -0.238. The van der Waals surface area contributed by atoms with Gasteiger partial charge in [0.2, 0.25) is 5.91 Å². The second-order valence-electron chi connectivity index (χ2n) is 5.66. The van der Waals surface area contributed by atoms with Crippen molar-refractivity contribution in [2.75, 3.05) is 33.7 Å². The van der Waals surface area contributed by atoms with Crippen LogP contribution in [0.1, 0.15) is 19.3 Å².